The number of carbonyl (C=O) groups is 2. The number of amides is 1. The van der Waals surface area contributed by atoms with Crippen molar-refractivity contribution in [2.24, 2.45) is 0 Å². The summed E-state index contributed by atoms with van der Waals surface area (Å²) >= 11 is 0. The van der Waals surface area contributed by atoms with Crippen LogP contribution in [0.5, 0.6) is 0 Å². The summed E-state index contributed by atoms with van der Waals surface area (Å²) in [5.41, 5.74) is 1.26. The molecule has 1 heterocycles. The number of benzene rings is 2. The number of rotatable bonds is 8. The molecule has 0 fully saturated rings. The van der Waals surface area contributed by atoms with Crippen molar-refractivity contribution in [2.45, 2.75) is 32.2 Å². The third-order valence-electron chi connectivity index (χ3n) is 4.77. The van der Waals surface area contributed by atoms with Gasteiger partial charge in [0.1, 0.15) is 5.56 Å². The summed E-state index contributed by atoms with van der Waals surface area (Å²) in [5, 5.41) is 3.30. The molecule has 0 unspecified atom stereocenters. The predicted molar refractivity (Wildman–Crippen MR) is 113 cm³/mol. The molecule has 3 aromatic rings. The maximum absolute atomic E-state index is 12.9. The van der Waals surface area contributed by atoms with Crippen LogP contribution in [0.3, 0.4) is 0 Å². The summed E-state index contributed by atoms with van der Waals surface area (Å²) in [6.45, 7) is 0.646. The Morgan fingerprint density at radius 2 is 1.69 bits per heavy atom. The first-order valence-electron chi connectivity index (χ1n) is 9.65. The zero-order valence-electron chi connectivity index (χ0n) is 16.4. The first-order valence-corrected chi connectivity index (χ1v) is 9.65. The number of nitrogens with zero attached hydrogens (tertiary/aromatic N) is 1. The van der Waals surface area contributed by atoms with E-state index in [1.165, 1.54) is 7.11 Å². The van der Waals surface area contributed by atoms with Gasteiger partial charge < -0.3 is 14.6 Å². The zero-order valence-corrected chi connectivity index (χ0v) is 16.4. The largest absolute Gasteiger partial charge is 0.469 e. The van der Waals surface area contributed by atoms with Crippen LogP contribution in [0.4, 0.5) is 5.69 Å². The highest BCUT2D eigenvalue weighted by Gasteiger charge is 2.15. The van der Waals surface area contributed by atoms with Crippen LogP contribution in [0, 0.1) is 0 Å². The molecule has 0 saturated heterocycles. The fraction of sp³-hybridized carbons (Fsp3) is 0.261. The molecule has 1 amide bonds. The maximum atomic E-state index is 12.9. The van der Waals surface area contributed by atoms with Gasteiger partial charge in [-0.3, -0.25) is 14.4 Å². The lowest BCUT2D eigenvalue weighted by Gasteiger charge is -2.13. The highest BCUT2D eigenvalue weighted by atomic mass is 16.5. The second-order valence-electron chi connectivity index (χ2n) is 6.79. The van der Waals surface area contributed by atoms with Gasteiger partial charge >= 0.3 is 5.97 Å². The van der Waals surface area contributed by atoms with Gasteiger partial charge in [-0.15, -0.1) is 0 Å². The number of nitrogens with one attached hydrogen (secondary N) is 1. The van der Waals surface area contributed by atoms with E-state index < -0.39 is 5.91 Å². The second-order valence-corrected chi connectivity index (χ2v) is 6.79. The van der Waals surface area contributed by atoms with E-state index in [1.807, 2.05) is 34.9 Å². The van der Waals surface area contributed by atoms with Crippen molar-refractivity contribution >= 4 is 28.5 Å². The van der Waals surface area contributed by atoms with Crippen LogP contribution >= 0.6 is 0 Å². The Labute approximate surface area is 169 Å². The minimum absolute atomic E-state index is 0.113. The third kappa shape index (κ3) is 5.10. The summed E-state index contributed by atoms with van der Waals surface area (Å²) in [4.78, 5) is 36.8. The number of unbranched alkanes of at least 4 members (excludes halogenated alkanes) is 2. The van der Waals surface area contributed by atoms with Crippen molar-refractivity contribution in [1.82, 2.24) is 4.57 Å². The normalized spacial score (nSPS) is 10.7. The third-order valence-corrected chi connectivity index (χ3v) is 4.77. The average molecular weight is 392 g/mol. The number of esters is 1. The van der Waals surface area contributed by atoms with Gasteiger partial charge in [-0.05, 0) is 37.1 Å². The quantitative estimate of drug-likeness (QED) is 0.464. The van der Waals surface area contributed by atoms with Crippen LogP contribution in [0.2, 0.25) is 0 Å². The van der Waals surface area contributed by atoms with E-state index in [2.05, 4.69) is 10.1 Å². The van der Waals surface area contributed by atoms with Crippen molar-refractivity contribution in [3.63, 3.8) is 0 Å². The SMILES string of the molecule is COC(=O)CCCCCn1cc(C(=O)Nc2ccccc2)c(=O)c2ccccc21. The molecule has 6 nitrogen and oxygen atoms in total. The zero-order chi connectivity index (χ0) is 20.6. The summed E-state index contributed by atoms with van der Waals surface area (Å²) in [7, 11) is 1.39. The number of hydrogen-bond donors (Lipinski definition) is 1. The molecule has 0 atom stereocenters. The number of hydrogen-bond acceptors (Lipinski definition) is 4. The fourth-order valence-electron chi connectivity index (χ4n) is 3.24. The number of aryl methyl sites for hydroxylation is 1. The van der Waals surface area contributed by atoms with Crippen molar-refractivity contribution in [2.75, 3.05) is 12.4 Å². The number of anilines is 1. The first-order chi connectivity index (χ1) is 14.1. The van der Waals surface area contributed by atoms with E-state index >= 15 is 0 Å². The van der Waals surface area contributed by atoms with E-state index in [1.54, 1.807) is 30.5 Å². The van der Waals surface area contributed by atoms with Crippen LogP contribution in [0.1, 0.15) is 36.0 Å². The Kier molecular flexibility index (Phi) is 6.79. The van der Waals surface area contributed by atoms with Gasteiger partial charge in [0.05, 0.1) is 12.6 Å². The topological polar surface area (TPSA) is 77.4 Å². The minimum atomic E-state index is -0.425. The van der Waals surface area contributed by atoms with Crippen molar-refractivity contribution in [1.29, 1.82) is 0 Å². The monoisotopic (exact) mass is 392 g/mol. The lowest BCUT2D eigenvalue weighted by atomic mass is 10.1. The maximum Gasteiger partial charge on any atom is 0.305 e. The van der Waals surface area contributed by atoms with E-state index in [4.69, 9.17) is 0 Å². The number of ether oxygens (including phenoxy) is 1. The van der Waals surface area contributed by atoms with Crippen LogP contribution in [-0.2, 0) is 16.1 Å². The second kappa shape index (κ2) is 9.68. The fourth-order valence-corrected chi connectivity index (χ4v) is 3.24. The average Bonchev–Trinajstić information content (AvgIpc) is 2.75. The van der Waals surface area contributed by atoms with Crippen LogP contribution in [0.15, 0.2) is 65.6 Å². The molecule has 0 radical (unpaired) electrons. The molecular weight excluding hydrogens is 368 g/mol. The lowest BCUT2D eigenvalue weighted by molar-refractivity contribution is -0.140. The van der Waals surface area contributed by atoms with Gasteiger partial charge in [0.2, 0.25) is 5.43 Å². The van der Waals surface area contributed by atoms with E-state index in [9.17, 15) is 14.4 Å². The number of pyridine rings is 1. The summed E-state index contributed by atoms with van der Waals surface area (Å²) < 4.78 is 6.59. The number of aromatic nitrogens is 1. The molecule has 3 rings (SSSR count). The molecule has 29 heavy (non-hydrogen) atoms. The number of methoxy groups -OCH3 is 1. The number of para-hydroxylation sites is 2. The molecular formula is C23H24N2O4. The van der Waals surface area contributed by atoms with Crippen LogP contribution in [-0.4, -0.2) is 23.6 Å². The highest BCUT2D eigenvalue weighted by Crippen LogP contribution is 2.15. The van der Waals surface area contributed by atoms with Crippen LogP contribution < -0.4 is 10.7 Å². The van der Waals surface area contributed by atoms with Gasteiger partial charge in [-0.1, -0.05) is 36.8 Å². The van der Waals surface area contributed by atoms with E-state index in [0.29, 0.717) is 24.0 Å². The summed E-state index contributed by atoms with van der Waals surface area (Å²) in [6, 6.07) is 16.3. The molecule has 0 aliphatic heterocycles. The molecule has 0 spiro atoms. The molecule has 6 heteroatoms. The molecule has 0 aliphatic rings. The van der Waals surface area contributed by atoms with Crippen molar-refractivity contribution < 1.29 is 14.3 Å². The Bertz CT molecular complexity index is 1060. The van der Waals surface area contributed by atoms with Gasteiger partial charge in [-0.25, -0.2) is 0 Å². The van der Waals surface area contributed by atoms with Gasteiger partial charge in [0, 0.05) is 30.2 Å². The highest BCUT2D eigenvalue weighted by molar-refractivity contribution is 6.05. The molecule has 0 saturated carbocycles. The Balaban J connectivity index is 1.81. The smallest absolute Gasteiger partial charge is 0.305 e. The van der Waals surface area contributed by atoms with Gasteiger partial charge in [0.25, 0.3) is 5.91 Å². The number of carbonyl (C=O) groups excluding carboxylic acids is 2. The first kappa shape index (κ1) is 20.3. The van der Waals surface area contributed by atoms with Crippen LogP contribution in [0.25, 0.3) is 10.9 Å². The lowest BCUT2D eigenvalue weighted by Crippen LogP contribution is -2.24. The summed E-state index contributed by atoms with van der Waals surface area (Å²) in [6.07, 6.45) is 4.44. The molecule has 1 aromatic heterocycles. The molecule has 1 N–H and O–H groups in total. The minimum Gasteiger partial charge on any atom is -0.469 e. The van der Waals surface area contributed by atoms with E-state index in [-0.39, 0.29) is 17.0 Å². The van der Waals surface area contributed by atoms with Crippen molar-refractivity contribution in [3.05, 3.63) is 76.6 Å². The Morgan fingerprint density at radius 1 is 0.966 bits per heavy atom. The number of fused-ring (bicyclic) bond motifs is 1. The summed E-state index contributed by atoms with van der Waals surface area (Å²) in [5.74, 6) is -0.634. The van der Waals surface area contributed by atoms with E-state index in [0.717, 1.165) is 24.8 Å². The molecule has 0 bridgehead atoms. The standard InChI is InChI=1S/C23H24N2O4/c1-29-21(26)14-6-3-9-15-25-16-19(22(27)18-12-7-8-13-20(18)25)23(28)24-17-10-4-2-5-11-17/h2,4-5,7-8,10-13,16H,3,6,9,14-15H2,1H3,(H,24,28). The molecule has 0 aliphatic carbocycles. The van der Waals surface area contributed by atoms with Gasteiger partial charge in [0.15, 0.2) is 0 Å². The van der Waals surface area contributed by atoms with Crippen molar-refractivity contribution in [3.8, 4) is 0 Å². The predicted octanol–water partition coefficient (Wildman–Crippen LogP) is 3.99. The van der Waals surface area contributed by atoms with Gasteiger partial charge in [-0.2, -0.15) is 0 Å². The Hall–Kier alpha value is -3.41. The molecule has 2 aromatic carbocycles. The molecule has 150 valence electrons. The Morgan fingerprint density at radius 3 is 2.45 bits per heavy atom.